The van der Waals surface area contributed by atoms with Crippen LogP contribution in [0.3, 0.4) is 0 Å². The molecular weight excluding hydrogens is 286 g/mol. The summed E-state index contributed by atoms with van der Waals surface area (Å²) < 4.78 is 0. The fourth-order valence-corrected chi connectivity index (χ4v) is 2.96. The zero-order valence-electron chi connectivity index (χ0n) is 12.6. The van der Waals surface area contributed by atoms with Crippen LogP contribution in [0.15, 0.2) is 12.4 Å². The molecule has 2 aromatic rings. The quantitative estimate of drug-likeness (QED) is 0.887. The number of hydrogen-bond acceptors (Lipinski definition) is 6. The molecule has 2 N–H and O–H groups in total. The van der Waals surface area contributed by atoms with E-state index in [0.717, 1.165) is 22.1 Å². The fraction of sp³-hybridized carbons (Fsp3) is 0.429. The van der Waals surface area contributed by atoms with Crippen molar-refractivity contribution in [2.45, 2.75) is 33.7 Å². The third-order valence-corrected chi connectivity index (χ3v) is 4.16. The van der Waals surface area contributed by atoms with E-state index in [-0.39, 0.29) is 11.9 Å². The Morgan fingerprint density at radius 3 is 2.71 bits per heavy atom. The van der Waals surface area contributed by atoms with Crippen molar-refractivity contribution >= 4 is 23.1 Å². The van der Waals surface area contributed by atoms with E-state index in [9.17, 15) is 4.79 Å². The molecule has 1 unspecified atom stereocenters. The number of hydrogen-bond donors (Lipinski definition) is 2. The molecule has 0 aliphatic carbocycles. The van der Waals surface area contributed by atoms with Gasteiger partial charge in [-0.3, -0.25) is 9.78 Å². The number of rotatable bonds is 5. The molecule has 0 bridgehead atoms. The van der Waals surface area contributed by atoms with Gasteiger partial charge in [0.05, 0.1) is 29.1 Å². The van der Waals surface area contributed by atoms with E-state index in [1.165, 1.54) is 6.20 Å². The van der Waals surface area contributed by atoms with E-state index in [1.54, 1.807) is 17.5 Å². The maximum Gasteiger partial charge on any atom is 0.272 e. The first-order valence-corrected chi connectivity index (χ1v) is 7.63. The van der Waals surface area contributed by atoms with Gasteiger partial charge in [-0.2, -0.15) is 0 Å². The molecule has 0 radical (unpaired) electrons. The second kappa shape index (κ2) is 6.62. The van der Waals surface area contributed by atoms with Gasteiger partial charge in [-0.1, -0.05) is 0 Å². The summed E-state index contributed by atoms with van der Waals surface area (Å²) in [7, 11) is 0. The summed E-state index contributed by atoms with van der Waals surface area (Å²) in [5.74, 6) is 0.364. The molecule has 1 amide bonds. The maximum atomic E-state index is 12.2. The highest BCUT2D eigenvalue weighted by Crippen LogP contribution is 2.24. The summed E-state index contributed by atoms with van der Waals surface area (Å²) in [6, 6.07) is -0.103. The van der Waals surface area contributed by atoms with E-state index in [4.69, 9.17) is 0 Å². The van der Waals surface area contributed by atoms with Crippen LogP contribution in [0.5, 0.6) is 0 Å². The summed E-state index contributed by atoms with van der Waals surface area (Å²) in [4.78, 5) is 26.0. The minimum Gasteiger partial charge on any atom is -0.369 e. The molecule has 112 valence electrons. The van der Waals surface area contributed by atoms with Crippen LogP contribution in [0.25, 0.3) is 0 Å². The van der Waals surface area contributed by atoms with Gasteiger partial charge in [-0.15, -0.1) is 11.3 Å². The zero-order valence-corrected chi connectivity index (χ0v) is 13.4. The molecule has 0 saturated carbocycles. The first-order valence-electron chi connectivity index (χ1n) is 6.82. The Labute approximate surface area is 128 Å². The van der Waals surface area contributed by atoms with Crippen molar-refractivity contribution in [3.63, 3.8) is 0 Å². The molecule has 0 aliphatic rings. The summed E-state index contributed by atoms with van der Waals surface area (Å²) in [6.45, 7) is 8.55. The monoisotopic (exact) mass is 305 g/mol. The van der Waals surface area contributed by atoms with Gasteiger partial charge in [0.2, 0.25) is 0 Å². The van der Waals surface area contributed by atoms with Crippen LogP contribution in [0, 0.1) is 13.8 Å². The standard InChI is InChI=1S/C14H19N5OS/c1-5-16-12-7-15-6-11(19-12)14(20)18-9(3)13-8(2)17-10(4)21-13/h6-7,9H,5H2,1-4H3,(H,16,19)(H,18,20). The van der Waals surface area contributed by atoms with Gasteiger partial charge in [0, 0.05) is 11.4 Å². The second-order valence-electron chi connectivity index (χ2n) is 4.70. The smallest absolute Gasteiger partial charge is 0.272 e. The van der Waals surface area contributed by atoms with Crippen LogP contribution < -0.4 is 10.6 Å². The van der Waals surface area contributed by atoms with E-state index >= 15 is 0 Å². The zero-order chi connectivity index (χ0) is 15.4. The molecule has 0 saturated heterocycles. The van der Waals surface area contributed by atoms with Crippen LogP contribution in [0.2, 0.25) is 0 Å². The van der Waals surface area contributed by atoms with Gasteiger partial charge < -0.3 is 10.6 Å². The van der Waals surface area contributed by atoms with Crippen molar-refractivity contribution in [2.75, 3.05) is 11.9 Å². The Morgan fingerprint density at radius 2 is 2.10 bits per heavy atom. The number of nitrogens with zero attached hydrogens (tertiary/aromatic N) is 3. The number of nitrogens with one attached hydrogen (secondary N) is 2. The molecule has 6 nitrogen and oxygen atoms in total. The van der Waals surface area contributed by atoms with Crippen LogP contribution >= 0.6 is 11.3 Å². The first kappa shape index (κ1) is 15.4. The lowest BCUT2D eigenvalue weighted by Gasteiger charge is -2.12. The Morgan fingerprint density at radius 1 is 1.33 bits per heavy atom. The SMILES string of the molecule is CCNc1cncc(C(=O)NC(C)c2sc(C)nc2C)n1. The number of aryl methyl sites for hydroxylation is 2. The van der Waals surface area contributed by atoms with Crippen LogP contribution in [-0.2, 0) is 0 Å². The van der Waals surface area contributed by atoms with Gasteiger partial charge in [0.25, 0.3) is 5.91 Å². The molecular formula is C14H19N5OS. The normalized spacial score (nSPS) is 12.0. The Bertz CT molecular complexity index is 640. The Balaban J connectivity index is 2.10. The molecule has 0 aliphatic heterocycles. The largest absolute Gasteiger partial charge is 0.369 e. The molecule has 2 aromatic heterocycles. The second-order valence-corrected chi connectivity index (χ2v) is 5.93. The van der Waals surface area contributed by atoms with Crippen LogP contribution in [0.4, 0.5) is 5.82 Å². The van der Waals surface area contributed by atoms with Crippen molar-refractivity contribution in [3.8, 4) is 0 Å². The first-order chi connectivity index (χ1) is 10.0. The molecule has 0 aromatic carbocycles. The van der Waals surface area contributed by atoms with E-state index in [2.05, 4.69) is 25.6 Å². The lowest BCUT2D eigenvalue weighted by molar-refractivity contribution is 0.0935. The molecule has 2 heterocycles. The molecule has 2 rings (SSSR count). The average molecular weight is 305 g/mol. The highest BCUT2D eigenvalue weighted by Gasteiger charge is 2.17. The Hall–Kier alpha value is -2.02. The van der Waals surface area contributed by atoms with E-state index in [0.29, 0.717) is 11.5 Å². The maximum absolute atomic E-state index is 12.2. The van der Waals surface area contributed by atoms with Crippen LogP contribution in [0.1, 0.15) is 46.0 Å². The highest BCUT2D eigenvalue weighted by molar-refractivity contribution is 7.11. The summed E-state index contributed by atoms with van der Waals surface area (Å²) in [6.07, 6.45) is 3.06. The summed E-state index contributed by atoms with van der Waals surface area (Å²) in [5, 5.41) is 6.97. The van der Waals surface area contributed by atoms with Crippen molar-refractivity contribution in [1.82, 2.24) is 20.3 Å². The van der Waals surface area contributed by atoms with Crippen molar-refractivity contribution in [3.05, 3.63) is 33.7 Å². The molecule has 7 heteroatoms. The number of aromatic nitrogens is 3. The van der Waals surface area contributed by atoms with Gasteiger partial charge in [0.1, 0.15) is 11.5 Å². The van der Waals surface area contributed by atoms with E-state index < -0.39 is 0 Å². The van der Waals surface area contributed by atoms with E-state index in [1.807, 2.05) is 27.7 Å². The third-order valence-electron chi connectivity index (χ3n) is 2.91. The minimum absolute atomic E-state index is 0.103. The Kier molecular flexibility index (Phi) is 4.85. The minimum atomic E-state index is -0.236. The van der Waals surface area contributed by atoms with Gasteiger partial charge in [-0.25, -0.2) is 9.97 Å². The summed E-state index contributed by atoms with van der Waals surface area (Å²) >= 11 is 1.60. The predicted octanol–water partition coefficient (Wildman–Crippen LogP) is 2.47. The lowest BCUT2D eigenvalue weighted by atomic mass is 10.2. The van der Waals surface area contributed by atoms with Crippen molar-refractivity contribution in [2.24, 2.45) is 0 Å². The lowest BCUT2D eigenvalue weighted by Crippen LogP contribution is -2.27. The van der Waals surface area contributed by atoms with Gasteiger partial charge >= 0.3 is 0 Å². The third kappa shape index (κ3) is 3.75. The van der Waals surface area contributed by atoms with Crippen molar-refractivity contribution in [1.29, 1.82) is 0 Å². The predicted molar refractivity (Wildman–Crippen MR) is 83.7 cm³/mol. The number of carbonyl (C=O) groups excluding carboxylic acids is 1. The molecule has 0 fully saturated rings. The molecule has 1 atom stereocenters. The van der Waals surface area contributed by atoms with Crippen molar-refractivity contribution < 1.29 is 4.79 Å². The number of thiazole rings is 1. The van der Waals surface area contributed by atoms with Crippen LogP contribution in [-0.4, -0.2) is 27.4 Å². The molecule has 0 spiro atoms. The fourth-order valence-electron chi connectivity index (χ4n) is 2.03. The number of anilines is 1. The number of carbonyl (C=O) groups is 1. The average Bonchev–Trinajstić information content (AvgIpc) is 2.78. The topological polar surface area (TPSA) is 79.8 Å². The number of amides is 1. The van der Waals surface area contributed by atoms with Gasteiger partial charge in [-0.05, 0) is 27.7 Å². The molecule has 21 heavy (non-hydrogen) atoms. The highest BCUT2D eigenvalue weighted by atomic mass is 32.1. The summed E-state index contributed by atoms with van der Waals surface area (Å²) in [5.41, 5.74) is 1.26. The van der Waals surface area contributed by atoms with Gasteiger partial charge in [0.15, 0.2) is 0 Å².